The fourth-order valence-corrected chi connectivity index (χ4v) is 6.92. The average molecular weight is 957 g/mol. The van der Waals surface area contributed by atoms with Crippen LogP contribution in [0.2, 0.25) is 0 Å². The Hall–Kier alpha value is -7.29. The van der Waals surface area contributed by atoms with Gasteiger partial charge in [0.15, 0.2) is 11.5 Å². The SMILES string of the molecule is COCC(COC)Nc1ccc(CCN)cc1.COCC(COC)Nc1ccc(CCNc2nc(N)n3nc(-c4ccco4)nc3n2)cc1.CS(=O)(=O)c1nc(N)n2nc(-c3ccco3)nc2n1. The minimum Gasteiger partial charge on any atom is -0.461 e. The topological polar surface area (TPSA) is 323 Å². The highest BCUT2D eigenvalue weighted by atomic mass is 32.2. The van der Waals surface area contributed by atoms with E-state index in [0.717, 1.165) is 35.0 Å². The zero-order valence-corrected chi connectivity index (χ0v) is 39.1. The number of ether oxygens (including phenoxy) is 4. The number of anilines is 5. The Morgan fingerprint density at radius 2 is 1.07 bits per heavy atom. The van der Waals surface area contributed by atoms with Gasteiger partial charge in [0.05, 0.1) is 51.0 Å². The summed E-state index contributed by atoms with van der Waals surface area (Å²) in [5, 5.41) is 17.9. The molecule has 24 nitrogen and oxygen atoms in total. The summed E-state index contributed by atoms with van der Waals surface area (Å²) in [5.41, 5.74) is 21.7. The molecule has 0 atom stereocenters. The Morgan fingerprint density at radius 1 is 0.618 bits per heavy atom. The van der Waals surface area contributed by atoms with Gasteiger partial charge in [0.2, 0.25) is 39.3 Å². The normalized spacial score (nSPS) is 11.4. The molecule has 0 unspecified atom stereocenters. The monoisotopic (exact) mass is 956 g/mol. The van der Waals surface area contributed by atoms with E-state index in [1.54, 1.807) is 59.0 Å². The predicted molar refractivity (Wildman–Crippen MR) is 255 cm³/mol. The molecule has 9 N–H and O–H groups in total. The van der Waals surface area contributed by atoms with Crippen molar-refractivity contribution in [2.24, 2.45) is 5.73 Å². The van der Waals surface area contributed by atoms with Gasteiger partial charge in [-0.15, -0.1) is 10.2 Å². The number of nitrogens with two attached hydrogens (primary N) is 3. The summed E-state index contributed by atoms with van der Waals surface area (Å²) in [5.74, 6) is 2.48. The Kier molecular flexibility index (Phi) is 18.0. The summed E-state index contributed by atoms with van der Waals surface area (Å²) >= 11 is 0. The van der Waals surface area contributed by atoms with E-state index in [0.29, 0.717) is 68.6 Å². The van der Waals surface area contributed by atoms with Gasteiger partial charge >= 0.3 is 0 Å². The van der Waals surface area contributed by atoms with Crippen LogP contribution in [0.15, 0.2) is 99.3 Å². The van der Waals surface area contributed by atoms with Crippen molar-refractivity contribution in [1.82, 2.24) is 49.1 Å². The summed E-state index contributed by atoms with van der Waals surface area (Å²) in [6, 6.07) is 23.7. The summed E-state index contributed by atoms with van der Waals surface area (Å²) < 4.78 is 56.5. The Balaban J connectivity index is 0.000000181. The zero-order chi connectivity index (χ0) is 48.5. The van der Waals surface area contributed by atoms with Crippen molar-refractivity contribution in [2.75, 3.05) is 102 Å². The van der Waals surface area contributed by atoms with Crippen molar-refractivity contribution in [3.63, 3.8) is 0 Å². The number of hydrogen-bond acceptors (Lipinski definition) is 22. The number of hydrogen-bond donors (Lipinski definition) is 6. The molecule has 0 radical (unpaired) electrons. The van der Waals surface area contributed by atoms with Gasteiger partial charge in [-0.2, -0.15) is 38.9 Å². The maximum atomic E-state index is 11.4. The highest BCUT2D eigenvalue weighted by Gasteiger charge is 2.19. The maximum Gasteiger partial charge on any atom is 0.259 e. The molecule has 8 aromatic rings. The van der Waals surface area contributed by atoms with Crippen molar-refractivity contribution < 1.29 is 36.2 Å². The zero-order valence-electron chi connectivity index (χ0n) is 38.3. The number of nitrogens with zero attached hydrogens (tertiary/aromatic N) is 10. The van der Waals surface area contributed by atoms with Crippen LogP contribution < -0.4 is 33.2 Å². The lowest BCUT2D eigenvalue weighted by atomic mass is 10.1. The second kappa shape index (κ2) is 24.5. The third kappa shape index (κ3) is 14.1. The first kappa shape index (κ1) is 50.1. The fourth-order valence-electron chi connectivity index (χ4n) is 6.42. The van der Waals surface area contributed by atoms with Crippen LogP contribution in [0, 0.1) is 0 Å². The van der Waals surface area contributed by atoms with Gasteiger partial charge in [-0.25, -0.2) is 8.42 Å². The van der Waals surface area contributed by atoms with Crippen LogP contribution in [0.25, 0.3) is 34.7 Å². The molecule has 0 fully saturated rings. The average Bonchev–Trinajstić information content (AvgIpc) is 4.16. The van der Waals surface area contributed by atoms with Crippen LogP contribution in [-0.4, -0.2) is 144 Å². The van der Waals surface area contributed by atoms with Crippen LogP contribution in [0.4, 0.5) is 29.2 Å². The van der Waals surface area contributed by atoms with Crippen molar-refractivity contribution in [1.29, 1.82) is 0 Å². The number of nitrogen functional groups attached to an aromatic ring is 2. The number of furan rings is 2. The van der Waals surface area contributed by atoms with Crippen LogP contribution in [-0.2, 0) is 41.6 Å². The maximum absolute atomic E-state index is 11.4. The van der Waals surface area contributed by atoms with Crippen LogP contribution >= 0.6 is 0 Å². The molecule has 0 spiro atoms. The van der Waals surface area contributed by atoms with E-state index in [2.05, 4.69) is 92.4 Å². The molecular formula is C43H56N16O8S. The summed E-state index contributed by atoms with van der Waals surface area (Å²) in [6.07, 6.45) is 5.72. The number of methoxy groups -OCH3 is 4. The third-order valence-corrected chi connectivity index (χ3v) is 10.4. The van der Waals surface area contributed by atoms with Crippen LogP contribution in [0.1, 0.15) is 11.1 Å². The lowest BCUT2D eigenvalue weighted by molar-refractivity contribution is 0.126. The second-order valence-corrected chi connectivity index (χ2v) is 16.8. The van der Waals surface area contributed by atoms with Crippen molar-refractivity contribution in [3.8, 4) is 23.2 Å². The molecule has 6 heterocycles. The molecule has 2 aromatic carbocycles. The summed E-state index contributed by atoms with van der Waals surface area (Å²) in [4.78, 5) is 24.6. The minimum absolute atomic E-state index is 0.0410. The molecule has 25 heteroatoms. The number of aromatic nitrogens is 10. The molecule has 6 aromatic heterocycles. The largest absolute Gasteiger partial charge is 0.461 e. The van der Waals surface area contributed by atoms with E-state index >= 15 is 0 Å². The third-order valence-electron chi connectivity index (χ3n) is 9.51. The molecule has 362 valence electrons. The lowest BCUT2D eigenvalue weighted by Crippen LogP contribution is -2.29. The van der Waals surface area contributed by atoms with Gasteiger partial charge in [-0.1, -0.05) is 24.3 Å². The molecular weight excluding hydrogens is 901 g/mol. The van der Waals surface area contributed by atoms with E-state index in [4.69, 9.17) is 45.0 Å². The summed E-state index contributed by atoms with van der Waals surface area (Å²) in [6.45, 7) is 3.71. The van der Waals surface area contributed by atoms with Gasteiger partial charge in [0.1, 0.15) is 0 Å². The quantitative estimate of drug-likeness (QED) is 0.0602. The van der Waals surface area contributed by atoms with Crippen molar-refractivity contribution in [2.45, 2.75) is 30.1 Å². The second-order valence-electron chi connectivity index (χ2n) is 14.9. The predicted octanol–water partition coefficient (Wildman–Crippen LogP) is 3.12. The Labute approximate surface area is 391 Å². The first-order valence-electron chi connectivity index (χ1n) is 21.1. The first-order chi connectivity index (χ1) is 32.9. The Bertz CT molecular complexity index is 2850. The van der Waals surface area contributed by atoms with Gasteiger partial charge in [-0.3, -0.25) is 0 Å². The number of nitrogens with one attached hydrogen (secondary N) is 3. The molecule has 0 saturated carbocycles. The molecule has 0 aliphatic rings. The highest BCUT2D eigenvalue weighted by Crippen LogP contribution is 2.20. The number of benzene rings is 2. The number of sulfone groups is 1. The van der Waals surface area contributed by atoms with Gasteiger partial charge in [-0.05, 0) is 79.0 Å². The lowest BCUT2D eigenvalue weighted by Gasteiger charge is -2.18. The summed E-state index contributed by atoms with van der Waals surface area (Å²) in [7, 11) is 3.16. The van der Waals surface area contributed by atoms with Gasteiger partial charge < -0.3 is 60.9 Å². The minimum atomic E-state index is -3.57. The number of rotatable bonds is 21. The molecule has 68 heavy (non-hydrogen) atoms. The standard InChI is InChI=1S/C21H26N8O3.C13H22N2O2.C9H8N6O3S/c1-30-12-16(13-31-2)24-15-7-5-14(6-8-15)9-10-23-20-26-19(22)29-21(27-20)25-18(28-29)17-4-3-11-32-17;1-16-9-13(10-17-2)15-12-5-3-11(4-6-12)7-8-14;1-19(16,17)9-12-7(10)15-8(13-9)11-6(14-15)5-3-2-4-18-5/h3-8,11,16,24H,9-10,12-13H2,1-2H3,(H3,22,23,25,26,27,28);3-6,13,15H,7-10,14H2,1-2H3;2-4H,1H3,(H2,10,11,12,13,14). The van der Waals surface area contributed by atoms with E-state index in [1.165, 1.54) is 21.9 Å². The van der Waals surface area contributed by atoms with Crippen LogP contribution in [0.3, 0.4) is 0 Å². The molecule has 0 amide bonds. The molecule has 0 aliphatic carbocycles. The molecule has 0 saturated heterocycles. The fraction of sp³-hybridized carbons (Fsp3) is 0.349. The molecule has 0 aliphatic heterocycles. The van der Waals surface area contributed by atoms with E-state index < -0.39 is 15.0 Å². The van der Waals surface area contributed by atoms with Gasteiger partial charge in [0, 0.05) is 52.6 Å². The van der Waals surface area contributed by atoms with E-state index in [1.807, 2.05) is 12.1 Å². The highest BCUT2D eigenvalue weighted by molar-refractivity contribution is 7.90. The molecule has 8 rings (SSSR count). The van der Waals surface area contributed by atoms with Crippen LogP contribution in [0.5, 0.6) is 0 Å². The first-order valence-corrected chi connectivity index (χ1v) is 23.0. The molecule has 0 bridgehead atoms. The number of fused-ring (bicyclic) bond motifs is 2. The van der Waals surface area contributed by atoms with E-state index in [9.17, 15) is 8.42 Å². The van der Waals surface area contributed by atoms with Crippen molar-refractivity contribution in [3.05, 3.63) is 96.4 Å². The smallest absolute Gasteiger partial charge is 0.259 e. The van der Waals surface area contributed by atoms with E-state index in [-0.39, 0.29) is 35.6 Å². The Morgan fingerprint density at radius 3 is 1.50 bits per heavy atom. The van der Waals surface area contributed by atoms with Gasteiger partial charge in [0.25, 0.3) is 16.7 Å². The van der Waals surface area contributed by atoms with Crippen molar-refractivity contribution >= 4 is 50.6 Å².